The first-order valence-corrected chi connectivity index (χ1v) is 10.8. The Morgan fingerprint density at radius 3 is 2.70 bits per heavy atom. The molecule has 2 aromatic carbocycles. The SMILES string of the molecule is O=C(N[C@H](CO)c1ccc(F)c(Cl)c1)N1CCc2cnc(Nc3ccc(Cl)c(F)c3)nc2C1. The van der Waals surface area contributed by atoms with Crippen molar-refractivity contribution < 1.29 is 18.7 Å². The van der Waals surface area contributed by atoms with Gasteiger partial charge in [0.05, 0.1) is 34.9 Å². The highest BCUT2D eigenvalue weighted by Gasteiger charge is 2.25. The molecule has 0 bridgehead atoms. The Kier molecular flexibility index (Phi) is 6.92. The van der Waals surface area contributed by atoms with Crippen LogP contribution in [0.25, 0.3) is 0 Å². The van der Waals surface area contributed by atoms with Crippen LogP contribution in [0.5, 0.6) is 0 Å². The van der Waals surface area contributed by atoms with Crippen LogP contribution in [-0.2, 0) is 13.0 Å². The van der Waals surface area contributed by atoms with Gasteiger partial charge in [0.25, 0.3) is 0 Å². The zero-order valence-electron chi connectivity index (χ0n) is 17.2. The molecule has 1 aromatic heterocycles. The van der Waals surface area contributed by atoms with Crippen LogP contribution in [0.4, 0.5) is 25.2 Å². The first-order valence-electron chi connectivity index (χ1n) is 10.0. The number of carbonyl (C=O) groups excluding carboxylic acids is 1. The number of hydrogen-bond acceptors (Lipinski definition) is 5. The minimum atomic E-state index is -0.751. The molecule has 0 fully saturated rings. The van der Waals surface area contributed by atoms with Crippen molar-refractivity contribution in [2.75, 3.05) is 18.5 Å². The fourth-order valence-electron chi connectivity index (χ4n) is 3.44. The third kappa shape index (κ3) is 5.32. The van der Waals surface area contributed by atoms with Crippen LogP contribution < -0.4 is 10.6 Å². The summed E-state index contributed by atoms with van der Waals surface area (Å²) in [4.78, 5) is 23.1. The molecule has 172 valence electrons. The number of fused-ring (bicyclic) bond motifs is 1. The third-order valence-corrected chi connectivity index (χ3v) is 5.83. The molecular weight excluding hydrogens is 475 g/mol. The first-order chi connectivity index (χ1) is 15.8. The van der Waals surface area contributed by atoms with E-state index in [0.717, 1.165) is 5.56 Å². The zero-order chi connectivity index (χ0) is 23.5. The van der Waals surface area contributed by atoms with Crippen molar-refractivity contribution in [2.24, 2.45) is 0 Å². The van der Waals surface area contributed by atoms with Crippen molar-refractivity contribution in [1.29, 1.82) is 0 Å². The van der Waals surface area contributed by atoms with Crippen molar-refractivity contribution in [3.63, 3.8) is 0 Å². The maximum Gasteiger partial charge on any atom is 0.318 e. The number of benzene rings is 2. The number of nitrogens with zero attached hydrogens (tertiary/aromatic N) is 3. The van der Waals surface area contributed by atoms with E-state index in [-0.39, 0.29) is 29.1 Å². The van der Waals surface area contributed by atoms with Crippen LogP contribution in [0.2, 0.25) is 10.0 Å². The Balaban J connectivity index is 1.45. The summed E-state index contributed by atoms with van der Waals surface area (Å²) >= 11 is 11.5. The van der Waals surface area contributed by atoms with Crippen molar-refractivity contribution in [1.82, 2.24) is 20.2 Å². The summed E-state index contributed by atoms with van der Waals surface area (Å²) in [6.07, 6.45) is 2.22. The molecule has 0 radical (unpaired) electrons. The normalized spacial score (nSPS) is 13.9. The fourth-order valence-corrected chi connectivity index (χ4v) is 3.75. The van der Waals surface area contributed by atoms with E-state index in [0.29, 0.717) is 29.9 Å². The van der Waals surface area contributed by atoms with Gasteiger partial charge in [-0.2, -0.15) is 0 Å². The molecule has 7 nitrogen and oxygen atoms in total. The number of anilines is 2. The summed E-state index contributed by atoms with van der Waals surface area (Å²) in [5.74, 6) is -0.892. The molecule has 3 aromatic rings. The van der Waals surface area contributed by atoms with Crippen LogP contribution in [0, 0.1) is 11.6 Å². The predicted octanol–water partition coefficient (Wildman–Crippen LogP) is 4.61. The van der Waals surface area contributed by atoms with E-state index >= 15 is 0 Å². The van der Waals surface area contributed by atoms with E-state index in [4.69, 9.17) is 23.2 Å². The molecule has 33 heavy (non-hydrogen) atoms. The summed E-state index contributed by atoms with van der Waals surface area (Å²) in [5, 5.41) is 15.3. The minimum absolute atomic E-state index is 0.0117. The molecule has 0 aliphatic carbocycles. The largest absolute Gasteiger partial charge is 0.394 e. The molecule has 3 N–H and O–H groups in total. The summed E-state index contributed by atoms with van der Waals surface area (Å²) in [5.41, 5.74) is 2.47. The van der Waals surface area contributed by atoms with Gasteiger partial charge in [-0.3, -0.25) is 0 Å². The molecule has 11 heteroatoms. The lowest BCUT2D eigenvalue weighted by molar-refractivity contribution is 0.176. The standard InChI is InChI=1S/C22H19Cl2F2N5O2/c23-15-3-2-14(8-18(15)26)28-21-27-9-13-5-6-31(10-19(13)29-21)22(33)30-20(11-32)12-1-4-17(25)16(24)7-12/h1-4,7-9,20,32H,5-6,10-11H2,(H,30,33)(H,27,28,29)/t20-/m1/s1. The minimum Gasteiger partial charge on any atom is -0.394 e. The second-order valence-corrected chi connectivity index (χ2v) is 8.26. The second-order valence-electron chi connectivity index (χ2n) is 7.45. The van der Waals surface area contributed by atoms with E-state index in [9.17, 15) is 18.7 Å². The molecule has 0 saturated carbocycles. The number of aliphatic hydroxyl groups excluding tert-OH is 1. The molecule has 1 aliphatic rings. The van der Waals surface area contributed by atoms with E-state index in [1.165, 1.54) is 30.3 Å². The van der Waals surface area contributed by atoms with Gasteiger partial charge in [-0.1, -0.05) is 29.3 Å². The van der Waals surface area contributed by atoms with Gasteiger partial charge in [-0.05, 0) is 47.9 Å². The maximum atomic E-state index is 13.7. The van der Waals surface area contributed by atoms with Crippen molar-refractivity contribution in [2.45, 2.75) is 19.0 Å². The number of aliphatic hydroxyl groups is 1. The van der Waals surface area contributed by atoms with Gasteiger partial charge in [0.2, 0.25) is 5.95 Å². The number of halogens is 4. The molecule has 0 spiro atoms. The average Bonchev–Trinajstić information content (AvgIpc) is 2.81. The Morgan fingerprint density at radius 2 is 1.97 bits per heavy atom. The number of nitrogens with one attached hydrogen (secondary N) is 2. The number of aromatic nitrogens is 2. The lowest BCUT2D eigenvalue weighted by atomic mass is 10.1. The number of rotatable bonds is 5. The quantitative estimate of drug-likeness (QED) is 0.482. The molecule has 1 aliphatic heterocycles. The third-order valence-electron chi connectivity index (χ3n) is 5.24. The smallest absolute Gasteiger partial charge is 0.318 e. The van der Waals surface area contributed by atoms with Crippen LogP contribution in [0.3, 0.4) is 0 Å². The molecule has 0 unspecified atom stereocenters. The fraction of sp³-hybridized carbons (Fsp3) is 0.227. The summed E-state index contributed by atoms with van der Waals surface area (Å²) in [7, 11) is 0. The Hall–Kier alpha value is -3.01. The van der Waals surface area contributed by atoms with E-state index in [2.05, 4.69) is 20.6 Å². The number of urea groups is 1. The zero-order valence-corrected chi connectivity index (χ0v) is 18.7. The highest BCUT2D eigenvalue weighted by atomic mass is 35.5. The van der Waals surface area contributed by atoms with Gasteiger partial charge < -0.3 is 20.6 Å². The lowest BCUT2D eigenvalue weighted by Crippen LogP contribution is -2.45. The second kappa shape index (κ2) is 9.86. The maximum absolute atomic E-state index is 13.7. The number of carbonyl (C=O) groups is 1. The van der Waals surface area contributed by atoms with E-state index in [1.54, 1.807) is 17.2 Å². The van der Waals surface area contributed by atoms with Crippen LogP contribution in [-0.4, -0.2) is 39.2 Å². The van der Waals surface area contributed by atoms with Gasteiger partial charge >= 0.3 is 6.03 Å². The Morgan fingerprint density at radius 1 is 1.15 bits per heavy atom. The van der Waals surface area contributed by atoms with Crippen molar-refractivity contribution >= 4 is 40.9 Å². The highest BCUT2D eigenvalue weighted by molar-refractivity contribution is 6.31. The van der Waals surface area contributed by atoms with Crippen molar-refractivity contribution in [3.8, 4) is 0 Å². The Labute approximate surface area is 198 Å². The van der Waals surface area contributed by atoms with Gasteiger partial charge in [0.1, 0.15) is 11.6 Å². The van der Waals surface area contributed by atoms with Crippen LogP contribution in [0.1, 0.15) is 22.9 Å². The summed E-state index contributed by atoms with van der Waals surface area (Å²) in [6.45, 7) is 0.265. The Bertz CT molecular complexity index is 1200. The molecule has 1 atom stereocenters. The van der Waals surface area contributed by atoms with Crippen molar-refractivity contribution in [3.05, 3.63) is 81.1 Å². The van der Waals surface area contributed by atoms with Gasteiger partial charge in [0, 0.05) is 18.4 Å². The van der Waals surface area contributed by atoms with E-state index in [1.807, 2.05) is 0 Å². The van der Waals surface area contributed by atoms with Crippen LogP contribution >= 0.6 is 23.2 Å². The molecule has 4 rings (SSSR count). The molecule has 0 saturated heterocycles. The lowest BCUT2D eigenvalue weighted by Gasteiger charge is -2.30. The molecule has 2 heterocycles. The first kappa shape index (κ1) is 23.2. The predicted molar refractivity (Wildman–Crippen MR) is 121 cm³/mol. The van der Waals surface area contributed by atoms with Gasteiger partial charge in [-0.25, -0.2) is 23.5 Å². The van der Waals surface area contributed by atoms with Gasteiger partial charge in [0.15, 0.2) is 0 Å². The van der Waals surface area contributed by atoms with E-state index < -0.39 is 23.7 Å². The summed E-state index contributed by atoms with van der Waals surface area (Å²) < 4.78 is 27.1. The van der Waals surface area contributed by atoms with Crippen LogP contribution in [0.15, 0.2) is 42.6 Å². The van der Waals surface area contributed by atoms with Gasteiger partial charge in [-0.15, -0.1) is 0 Å². The molecular formula is C22H19Cl2F2N5O2. The monoisotopic (exact) mass is 493 g/mol. The summed E-state index contributed by atoms with van der Waals surface area (Å²) in [6, 6.07) is 7.11. The average molecular weight is 494 g/mol. The molecule has 2 amide bonds. The highest BCUT2D eigenvalue weighted by Crippen LogP contribution is 2.24. The number of hydrogen-bond donors (Lipinski definition) is 3. The topological polar surface area (TPSA) is 90.4 Å². The number of amides is 2.